The minimum atomic E-state index is -0.0673. The molecule has 0 atom stereocenters. The second-order valence-electron chi connectivity index (χ2n) is 2.42. The first-order valence-corrected chi connectivity index (χ1v) is 5.11. The van der Waals surface area contributed by atoms with Crippen molar-refractivity contribution in [3.63, 3.8) is 0 Å². The van der Waals surface area contributed by atoms with Gasteiger partial charge in [0.2, 0.25) is 0 Å². The van der Waals surface area contributed by atoms with Crippen LogP contribution in [0.3, 0.4) is 0 Å². The second kappa shape index (κ2) is 5.26. The number of rotatable bonds is 4. The number of hydrogen-bond acceptors (Lipinski definition) is 4. The summed E-state index contributed by atoms with van der Waals surface area (Å²) in [5.41, 5.74) is 0. The number of thiol groups is 1. The Bertz CT molecular complexity index is 285. The largest absolute Gasteiger partial charge is 0.383 e. The first kappa shape index (κ1) is 10.6. The van der Waals surface area contributed by atoms with Crippen molar-refractivity contribution in [2.75, 3.05) is 20.3 Å². The van der Waals surface area contributed by atoms with Gasteiger partial charge in [-0.15, -0.1) is 24.0 Å². The molecule has 0 unspecified atom stereocenters. The van der Waals surface area contributed by atoms with Gasteiger partial charge in [0.15, 0.2) is 0 Å². The number of ether oxygens (including phenoxy) is 1. The molecule has 3 nitrogen and oxygen atoms in total. The van der Waals surface area contributed by atoms with Crippen molar-refractivity contribution in [1.82, 2.24) is 5.32 Å². The van der Waals surface area contributed by atoms with Gasteiger partial charge in [0.05, 0.1) is 11.5 Å². The molecule has 0 bridgehead atoms. The van der Waals surface area contributed by atoms with Crippen LogP contribution in [0.25, 0.3) is 0 Å². The lowest BCUT2D eigenvalue weighted by Crippen LogP contribution is -2.26. The summed E-state index contributed by atoms with van der Waals surface area (Å²) >= 11 is 5.50. The molecule has 0 saturated heterocycles. The van der Waals surface area contributed by atoms with Crippen molar-refractivity contribution in [3.8, 4) is 0 Å². The highest BCUT2D eigenvalue weighted by molar-refractivity contribution is 7.80. The van der Waals surface area contributed by atoms with E-state index in [1.807, 2.05) is 5.38 Å². The van der Waals surface area contributed by atoms with Gasteiger partial charge in [-0.25, -0.2) is 0 Å². The number of thiophene rings is 1. The third-order valence-corrected chi connectivity index (χ3v) is 2.76. The Balaban J connectivity index is 2.40. The summed E-state index contributed by atoms with van der Waals surface area (Å²) in [7, 11) is 1.60. The molecule has 0 aliphatic carbocycles. The van der Waals surface area contributed by atoms with E-state index < -0.39 is 0 Å². The van der Waals surface area contributed by atoms with Crippen molar-refractivity contribution in [2.45, 2.75) is 4.90 Å². The molecule has 0 aromatic carbocycles. The van der Waals surface area contributed by atoms with E-state index in [1.165, 1.54) is 11.3 Å². The Kier molecular flexibility index (Phi) is 4.27. The molecule has 0 saturated carbocycles. The zero-order valence-electron chi connectivity index (χ0n) is 7.24. The topological polar surface area (TPSA) is 38.3 Å². The highest BCUT2D eigenvalue weighted by atomic mass is 32.1. The molecule has 0 fully saturated rings. The zero-order chi connectivity index (χ0) is 9.68. The fourth-order valence-corrected chi connectivity index (χ4v) is 1.86. The maximum atomic E-state index is 11.3. The van der Waals surface area contributed by atoms with Gasteiger partial charge < -0.3 is 10.1 Å². The molecule has 72 valence electrons. The van der Waals surface area contributed by atoms with Gasteiger partial charge in [-0.3, -0.25) is 4.79 Å². The van der Waals surface area contributed by atoms with Crippen LogP contribution in [-0.4, -0.2) is 26.2 Å². The summed E-state index contributed by atoms with van der Waals surface area (Å²) in [6.45, 7) is 1.07. The van der Waals surface area contributed by atoms with E-state index in [4.69, 9.17) is 4.74 Å². The minimum absolute atomic E-state index is 0.0673. The second-order valence-corrected chi connectivity index (χ2v) is 3.85. The molecule has 13 heavy (non-hydrogen) atoms. The van der Waals surface area contributed by atoms with Gasteiger partial charge in [-0.1, -0.05) is 0 Å². The summed E-state index contributed by atoms with van der Waals surface area (Å²) in [6.07, 6.45) is 0. The molecule has 1 amide bonds. The lowest BCUT2D eigenvalue weighted by molar-refractivity contribution is 0.0941. The molecule has 5 heteroatoms. The van der Waals surface area contributed by atoms with Gasteiger partial charge in [-0.05, 0) is 6.07 Å². The Hall–Kier alpha value is -0.520. The molecule has 1 aromatic rings. The van der Waals surface area contributed by atoms with Crippen LogP contribution in [0.5, 0.6) is 0 Å². The van der Waals surface area contributed by atoms with Crippen LogP contribution in [0.2, 0.25) is 0 Å². The van der Waals surface area contributed by atoms with Crippen molar-refractivity contribution in [3.05, 3.63) is 16.3 Å². The summed E-state index contributed by atoms with van der Waals surface area (Å²) < 4.78 is 4.81. The number of methoxy groups -OCH3 is 1. The Morgan fingerprint density at radius 2 is 2.54 bits per heavy atom. The van der Waals surface area contributed by atoms with Crippen LogP contribution in [0.15, 0.2) is 16.3 Å². The average Bonchev–Trinajstić information content (AvgIpc) is 2.52. The number of amides is 1. The van der Waals surface area contributed by atoms with Crippen molar-refractivity contribution >= 4 is 29.9 Å². The first-order chi connectivity index (χ1) is 6.24. The monoisotopic (exact) mass is 217 g/mol. The van der Waals surface area contributed by atoms with Crippen LogP contribution >= 0.6 is 24.0 Å². The van der Waals surface area contributed by atoms with E-state index in [0.29, 0.717) is 18.0 Å². The van der Waals surface area contributed by atoms with E-state index in [2.05, 4.69) is 17.9 Å². The molecule has 1 heterocycles. The Morgan fingerprint density at radius 3 is 3.08 bits per heavy atom. The fraction of sp³-hybridized carbons (Fsp3) is 0.375. The van der Waals surface area contributed by atoms with E-state index in [0.717, 1.165) is 4.90 Å². The van der Waals surface area contributed by atoms with E-state index in [1.54, 1.807) is 13.2 Å². The highest BCUT2D eigenvalue weighted by Crippen LogP contribution is 2.16. The standard InChI is InChI=1S/C8H11NO2S2/c1-11-3-2-9-8(10)7-4-6(12)5-13-7/h4-5,12H,2-3H2,1H3,(H,9,10). The minimum Gasteiger partial charge on any atom is -0.383 e. The third kappa shape index (κ3) is 3.38. The predicted octanol–water partition coefficient (Wildman–Crippen LogP) is 1.41. The molecule has 0 aliphatic heterocycles. The summed E-state index contributed by atoms with van der Waals surface area (Å²) in [5, 5.41) is 4.55. The summed E-state index contributed by atoms with van der Waals surface area (Å²) in [5.74, 6) is -0.0673. The van der Waals surface area contributed by atoms with E-state index in [9.17, 15) is 4.79 Å². The third-order valence-electron chi connectivity index (χ3n) is 1.40. The SMILES string of the molecule is COCCNC(=O)c1cc(S)cs1. The average molecular weight is 217 g/mol. The Labute approximate surface area is 86.5 Å². The molecule has 0 spiro atoms. The molecule has 1 rings (SSSR count). The first-order valence-electron chi connectivity index (χ1n) is 3.78. The number of nitrogens with one attached hydrogen (secondary N) is 1. The molecular formula is C8H11NO2S2. The smallest absolute Gasteiger partial charge is 0.261 e. The van der Waals surface area contributed by atoms with E-state index >= 15 is 0 Å². The number of hydrogen-bond donors (Lipinski definition) is 2. The lowest BCUT2D eigenvalue weighted by Gasteiger charge is -2.01. The normalized spacial score (nSPS) is 10.0. The lowest BCUT2D eigenvalue weighted by atomic mass is 10.4. The van der Waals surface area contributed by atoms with Crippen LogP contribution in [-0.2, 0) is 4.74 Å². The Morgan fingerprint density at radius 1 is 1.77 bits per heavy atom. The number of carbonyl (C=O) groups is 1. The van der Waals surface area contributed by atoms with Gasteiger partial charge >= 0.3 is 0 Å². The van der Waals surface area contributed by atoms with Gasteiger partial charge in [0.25, 0.3) is 5.91 Å². The molecule has 0 aliphatic rings. The predicted molar refractivity (Wildman–Crippen MR) is 55.8 cm³/mol. The summed E-state index contributed by atoms with van der Waals surface area (Å²) in [4.78, 5) is 12.8. The quantitative estimate of drug-likeness (QED) is 0.591. The van der Waals surface area contributed by atoms with Crippen molar-refractivity contribution in [2.24, 2.45) is 0 Å². The highest BCUT2D eigenvalue weighted by Gasteiger charge is 2.06. The van der Waals surface area contributed by atoms with E-state index in [-0.39, 0.29) is 5.91 Å². The molecule has 1 aromatic heterocycles. The van der Waals surface area contributed by atoms with Gasteiger partial charge in [-0.2, -0.15) is 0 Å². The van der Waals surface area contributed by atoms with Crippen LogP contribution in [0.4, 0.5) is 0 Å². The van der Waals surface area contributed by atoms with Crippen molar-refractivity contribution < 1.29 is 9.53 Å². The van der Waals surface area contributed by atoms with Gasteiger partial charge in [0, 0.05) is 23.9 Å². The molecule has 1 N–H and O–H groups in total. The zero-order valence-corrected chi connectivity index (χ0v) is 8.95. The fourth-order valence-electron chi connectivity index (χ4n) is 0.799. The maximum Gasteiger partial charge on any atom is 0.261 e. The van der Waals surface area contributed by atoms with Crippen LogP contribution in [0, 0.1) is 0 Å². The van der Waals surface area contributed by atoms with Gasteiger partial charge in [0.1, 0.15) is 0 Å². The molecular weight excluding hydrogens is 206 g/mol. The number of carbonyl (C=O) groups excluding carboxylic acids is 1. The van der Waals surface area contributed by atoms with Crippen molar-refractivity contribution in [1.29, 1.82) is 0 Å². The molecule has 0 radical (unpaired) electrons. The maximum absolute atomic E-state index is 11.3. The van der Waals surface area contributed by atoms with Crippen LogP contribution < -0.4 is 5.32 Å². The van der Waals surface area contributed by atoms with Crippen LogP contribution in [0.1, 0.15) is 9.67 Å². The summed E-state index contributed by atoms with van der Waals surface area (Å²) in [6, 6.07) is 1.75.